The van der Waals surface area contributed by atoms with E-state index in [1.54, 1.807) is 11.8 Å². The van der Waals surface area contributed by atoms with Gasteiger partial charge in [0.05, 0.1) is 5.60 Å². The predicted molar refractivity (Wildman–Crippen MR) is 80.8 cm³/mol. The summed E-state index contributed by atoms with van der Waals surface area (Å²) in [5.41, 5.74) is 0.00425. The summed E-state index contributed by atoms with van der Waals surface area (Å²) in [6.45, 7) is 4.24. The highest BCUT2D eigenvalue weighted by atomic mass is 35.5. The van der Waals surface area contributed by atoms with E-state index in [0.29, 0.717) is 16.5 Å². The lowest BCUT2D eigenvalue weighted by Crippen LogP contribution is -2.51. The summed E-state index contributed by atoms with van der Waals surface area (Å²) >= 11 is 14.2. The van der Waals surface area contributed by atoms with Gasteiger partial charge in [0.25, 0.3) is 0 Å². The zero-order valence-corrected chi connectivity index (χ0v) is 13.0. The molecule has 0 amide bonds. The van der Waals surface area contributed by atoms with Crippen molar-refractivity contribution in [1.82, 2.24) is 0 Å². The molecule has 0 spiro atoms. The molecule has 2 rings (SSSR count). The summed E-state index contributed by atoms with van der Waals surface area (Å²) in [7, 11) is 0. The van der Waals surface area contributed by atoms with Crippen LogP contribution in [0.4, 0.5) is 0 Å². The van der Waals surface area contributed by atoms with E-state index in [4.69, 9.17) is 23.2 Å². The Morgan fingerprint density at radius 1 is 1.28 bits per heavy atom. The van der Waals surface area contributed by atoms with Gasteiger partial charge < -0.3 is 5.11 Å². The number of thioether (sulfide) groups is 1. The first-order valence-electron chi connectivity index (χ1n) is 6.09. The van der Waals surface area contributed by atoms with Crippen molar-refractivity contribution in [3.8, 4) is 0 Å². The van der Waals surface area contributed by atoms with Gasteiger partial charge in [-0.2, -0.15) is 11.8 Å². The molecule has 0 aliphatic carbocycles. The standard InChI is InChI=1S/C14H18Cl2OS/c1-13(2)6-7-18-9-14(13,17)8-10-11(15)4-3-5-12(10)16/h3-5,17H,6-9H2,1-2H3. The molecule has 1 aromatic carbocycles. The van der Waals surface area contributed by atoms with Crippen LogP contribution in [-0.4, -0.2) is 22.2 Å². The van der Waals surface area contributed by atoms with Crippen LogP contribution in [0.15, 0.2) is 18.2 Å². The van der Waals surface area contributed by atoms with Gasteiger partial charge in [-0.15, -0.1) is 0 Å². The van der Waals surface area contributed by atoms with Crippen LogP contribution in [0, 0.1) is 5.41 Å². The molecule has 1 saturated heterocycles. The molecule has 1 aromatic rings. The van der Waals surface area contributed by atoms with Gasteiger partial charge in [-0.25, -0.2) is 0 Å². The van der Waals surface area contributed by atoms with Gasteiger partial charge in [0, 0.05) is 22.2 Å². The third-order valence-electron chi connectivity index (χ3n) is 4.00. The van der Waals surface area contributed by atoms with Crippen LogP contribution in [0.2, 0.25) is 10.0 Å². The Balaban J connectivity index is 2.32. The molecule has 1 nitrogen and oxygen atoms in total. The minimum Gasteiger partial charge on any atom is -0.388 e. The first-order valence-corrected chi connectivity index (χ1v) is 8.00. The molecule has 1 atom stereocenters. The molecule has 1 N–H and O–H groups in total. The molecule has 0 bridgehead atoms. The van der Waals surface area contributed by atoms with Gasteiger partial charge in [-0.1, -0.05) is 43.1 Å². The maximum absolute atomic E-state index is 11.0. The minimum atomic E-state index is -0.745. The Hall–Kier alpha value is 0.110. The van der Waals surface area contributed by atoms with Crippen molar-refractivity contribution in [3.05, 3.63) is 33.8 Å². The lowest BCUT2D eigenvalue weighted by molar-refractivity contribution is -0.0512. The summed E-state index contributed by atoms with van der Waals surface area (Å²) in [5, 5.41) is 12.2. The van der Waals surface area contributed by atoms with Crippen molar-refractivity contribution in [2.24, 2.45) is 5.41 Å². The Labute approximate surface area is 123 Å². The van der Waals surface area contributed by atoms with E-state index in [2.05, 4.69) is 13.8 Å². The van der Waals surface area contributed by atoms with Crippen LogP contribution in [0.3, 0.4) is 0 Å². The molecule has 4 heteroatoms. The van der Waals surface area contributed by atoms with Gasteiger partial charge in [0.1, 0.15) is 0 Å². The quantitative estimate of drug-likeness (QED) is 0.872. The van der Waals surface area contributed by atoms with Gasteiger partial charge >= 0.3 is 0 Å². The fourth-order valence-electron chi connectivity index (χ4n) is 2.28. The SMILES string of the molecule is CC1(C)CCSCC1(O)Cc1c(Cl)cccc1Cl. The average molecular weight is 305 g/mol. The predicted octanol–water partition coefficient (Wildman–Crippen LogP) is 4.43. The lowest BCUT2D eigenvalue weighted by Gasteiger charge is -2.46. The Bertz CT molecular complexity index is 427. The van der Waals surface area contributed by atoms with Crippen molar-refractivity contribution >= 4 is 35.0 Å². The summed E-state index contributed by atoms with van der Waals surface area (Å²) in [6.07, 6.45) is 1.53. The second-order valence-electron chi connectivity index (χ2n) is 5.60. The molecular weight excluding hydrogens is 287 g/mol. The maximum Gasteiger partial charge on any atom is 0.0829 e. The second-order valence-corrected chi connectivity index (χ2v) is 7.51. The smallest absolute Gasteiger partial charge is 0.0829 e. The second kappa shape index (κ2) is 5.24. The van der Waals surface area contributed by atoms with Crippen LogP contribution < -0.4 is 0 Å². The average Bonchev–Trinajstić information content (AvgIpc) is 2.28. The Kier molecular flexibility index (Phi) is 4.23. The van der Waals surface area contributed by atoms with Gasteiger partial charge in [0.2, 0.25) is 0 Å². The van der Waals surface area contributed by atoms with E-state index in [0.717, 1.165) is 23.5 Å². The van der Waals surface area contributed by atoms with Gasteiger partial charge in [-0.3, -0.25) is 0 Å². The first-order chi connectivity index (χ1) is 8.36. The Morgan fingerprint density at radius 2 is 1.89 bits per heavy atom. The van der Waals surface area contributed by atoms with Gasteiger partial charge in [0.15, 0.2) is 0 Å². The van der Waals surface area contributed by atoms with Gasteiger partial charge in [-0.05, 0) is 35.3 Å². The molecule has 1 unspecified atom stereocenters. The van der Waals surface area contributed by atoms with E-state index in [1.165, 1.54) is 0 Å². The van der Waals surface area contributed by atoms with Crippen molar-refractivity contribution < 1.29 is 5.11 Å². The zero-order chi connectivity index (χ0) is 13.4. The van der Waals surface area contributed by atoms with E-state index < -0.39 is 5.60 Å². The molecule has 18 heavy (non-hydrogen) atoms. The normalized spacial score (nSPS) is 27.2. The van der Waals surface area contributed by atoms with Crippen molar-refractivity contribution in [1.29, 1.82) is 0 Å². The summed E-state index contributed by atoms with van der Waals surface area (Å²) in [5.74, 6) is 1.84. The molecule has 1 fully saturated rings. The minimum absolute atomic E-state index is 0.110. The van der Waals surface area contributed by atoms with Crippen LogP contribution in [0.1, 0.15) is 25.8 Å². The first kappa shape index (κ1) is 14.5. The number of rotatable bonds is 2. The largest absolute Gasteiger partial charge is 0.388 e. The summed E-state index contributed by atoms with van der Waals surface area (Å²) in [6, 6.07) is 5.49. The summed E-state index contributed by atoms with van der Waals surface area (Å²) in [4.78, 5) is 0. The molecule has 100 valence electrons. The van der Waals surface area contributed by atoms with E-state index in [9.17, 15) is 5.11 Å². The topological polar surface area (TPSA) is 20.2 Å². The van der Waals surface area contributed by atoms with Crippen LogP contribution in [0.5, 0.6) is 0 Å². The molecule has 1 aliphatic heterocycles. The lowest BCUT2D eigenvalue weighted by atomic mass is 9.70. The molecular formula is C14H18Cl2OS. The molecule has 1 heterocycles. The molecule has 1 aliphatic rings. The fraction of sp³-hybridized carbons (Fsp3) is 0.571. The number of aliphatic hydroxyl groups is 1. The van der Waals surface area contributed by atoms with Crippen molar-refractivity contribution in [2.75, 3.05) is 11.5 Å². The van der Waals surface area contributed by atoms with E-state index in [-0.39, 0.29) is 5.41 Å². The molecule has 0 saturated carbocycles. The van der Waals surface area contributed by atoms with E-state index >= 15 is 0 Å². The highest BCUT2D eigenvalue weighted by Gasteiger charge is 2.45. The van der Waals surface area contributed by atoms with Crippen molar-refractivity contribution in [3.63, 3.8) is 0 Å². The molecule has 0 aromatic heterocycles. The third kappa shape index (κ3) is 2.67. The van der Waals surface area contributed by atoms with E-state index in [1.807, 2.05) is 18.2 Å². The third-order valence-corrected chi connectivity index (χ3v) is 5.89. The van der Waals surface area contributed by atoms with Crippen molar-refractivity contribution in [2.45, 2.75) is 32.3 Å². The molecule has 0 radical (unpaired) electrons. The number of benzene rings is 1. The number of halogens is 2. The summed E-state index contributed by atoms with van der Waals surface area (Å²) < 4.78 is 0. The fourth-order valence-corrected chi connectivity index (χ4v) is 4.44. The monoisotopic (exact) mass is 304 g/mol. The number of hydrogen-bond donors (Lipinski definition) is 1. The highest BCUT2D eigenvalue weighted by molar-refractivity contribution is 7.99. The number of hydrogen-bond acceptors (Lipinski definition) is 2. The maximum atomic E-state index is 11.0. The Morgan fingerprint density at radius 3 is 2.44 bits per heavy atom. The van der Waals surface area contributed by atoms with Crippen LogP contribution in [-0.2, 0) is 6.42 Å². The zero-order valence-electron chi connectivity index (χ0n) is 10.7. The van der Waals surface area contributed by atoms with Crippen LogP contribution in [0.25, 0.3) is 0 Å². The van der Waals surface area contributed by atoms with Crippen LogP contribution >= 0.6 is 35.0 Å². The highest BCUT2D eigenvalue weighted by Crippen LogP contribution is 2.45.